The molecule has 2 nitrogen and oxygen atoms in total. The van der Waals surface area contributed by atoms with Crippen molar-refractivity contribution in [3.63, 3.8) is 0 Å². The molecule has 0 aromatic heterocycles. The van der Waals surface area contributed by atoms with Gasteiger partial charge in [-0.3, -0.25) is 0 Å². The summed E-state index contributed by atoms with van der Waals surface area (Å²) in [5.41, 5.74) is 5.28. The molecule has 0 saturated heterocycles. The lowest BCUT2D eigenvalue weighted by Crippen LogP contribution is -2.16. The van der Waals surface area contributed by atoms with E-state index in [0.717, 1.165) is 44.9 Å². The van der Waals surface area contributed by atoms with Gasteiger partial charge < -0.3 is 10.2 Å². The van der Waals surface area contributed by atoms with Crippen LogP contribution in [0.2, 0.25) is 5.31 Å². The summed E-state index contributed by atoms with van der Waals surface area (Å²) in [6.07, 6.45) is 7.27. The number of aromatic hydroxyl groups is 1. The molecule has 116 valence electrons. The molecular weight excluding hydrogens is 271 g/mol. The number of hydrogen-bond acceptors (Lipinski definition) is 2. The lowest BCUT2D eigenvalue weighted by molar-refractivity contribution is 0.179. The molecule has 0 unspecified atom stereocenters. The average molecular weight is 296 g/mol. The van der Waals surface area contributed by atoms with Gasteiger partial charge in [-0.15, -0.1) is 0 Å². The Morgan fingerprint density at radius 1 is 1.27 bits per heavy atom. The zero-order valence-electron chi connectivity index (χ0n) is 13.4. The Labute approximate surface area is 134 Å². The first-order valence-corrected chi connectivity index (χ1v) is 8.51. The standard InChI is InChI=1S/C19H25BO2/c1-2-3-8-19(20)12-17(22)11-18(19)15-5-4-14-10-16(21)7-6-13(14)9-15/h6-7,10,17,21-22H,2-5,8-9,11-12H2,1H3/b18-15-/t17-,19+/m0/s1. The van der Waals surface area contributed by atoms with E-state index in [1.54, 1.807) is 6.07 Å². The maximum atomic E-state index is 10.1. The molecule has 0 amide bonds. The second kappa shape index (κ2) is 6.12. The van der Waals surface area contributed by atoms with E-state index in [-0.39, 0.29) is 11.4 Å². The summed E-state index contributed by atoms with van der Waals surface area (Å²) in [5.74, 6) is 0.349. The lowest BCUT2D eigenvalue weighted by Gasteiger charge is -2.31. The SMILES string of the molecule is [B][C@]1(CCCC)C[C@@H](O)C/C1=C1\CCc2cc(O)ccc2C1. The number of rotatable bonds is 3. The normalized spacial score (nSPS) is 31.3. The molecule has 1 aromatic carbocycles. The number of allylic oxidation sites excluding steroid dienone is 1. The van der Waals surface area contributed by atoms with Gasteiger partial charge in [0.1, 0.15) is 5.75 Å². The average Bonchev–Trinajstić information content (AvgIpc) is 2.80. The van der Waals surface area contributed by atoms with Crippen molar-refractivity contribution in [2.24, 2.45) is 0 Å². The molecule has 1 saturated carbocycles. The van der Waals surface area contributed by atoms with Gasteiger partial charge in [-0.1, -0.05) is 43.4 Å². The van der Waals surface area contributed by atoms with Crippen molar-refractivity contribution in [3.8, 4) is 5.75 Å². The fourth-order valence-corrected chi connectivity index (χ4v) is 4.18. The molecule has 2 atom stereocenters. The predicted molar refractivity (Wildman–Crippen MR) is 90.4 cm³/mol. The number of phenols is 1. The van der Waals surface area contributed by atoms with Gasteiger partial charge in [-0.2, -0.15) is 0 Å². The van der Waals surface area contributed by atoms with Gasteiger partial charge in [0.25, 0.3) is 0 Å². The quantitative estimate of drug-likeness (QED) is 0.657. The van der Waals surface area contributed by atoms with E-state index in [0.29, 0.717) is 12.2 Å². The van der Waals surface area contributed by atoms with Crippen LogP contribution in [-0.2, 0) is 12.8 Å². The van der Waals surface area contributed by atoms with Crippen molar-refractivity contribution in [3.05, 3.63) is 40.5 Å². The summed E-state index contributed by atoms with van der Waals surface area (Å²) in [6, 6.07) is 5.68. The van der Waals surface area contributed by atoms with Crippen LogP contribution in [0.15, 0.2) is 29.3 Å². The van der Waals surface area contributed by atoms with Gasteiger partial charge in [0.15, 0.2) is 0 Å². The molecule has 1 fully saturated rings. The Balaban J connectivity index is 1.90. The molecule has 2 radical (unpaired) electrons. The first-order valence-electron chi connectivity index (χ1n) is 8.51. The second-order valence-electron chi connectivity index (χ2n) is 7.03. The first kappa shape index (κ1) is 15.7. The zero-order valence-corrected chi connectivity index (χ0v) is 13.4. The van der Waals surface area contributed by atoms with Gasteiger partial charge in [0.05, 0.1) is 14.0 Å². The number of benzene rings is 1. The minimum atomic E-state index is -0.306. The molecule has 22 heavy (non-hydrogen) atoms. The van der Waals surface area contributed by atoms with Gasteiger partial charge in [0, 0.05) is 0 Å². The minimum Gasteiger partial charge on any atom is -0.508 e. The number of aliphatic hydroxyl groups excluding tert-OH is 1. The van der Waals surface area contributed by atoms with Crippen molar-refractivity contribution < 1.29 is 10.2 Å². The van der Waals surface area contributed by atoms with Crippen molar-refractivity contribution >= 4 is 7.85 Å². The topological polar surface area (TPSA) is 40.5 Å². The van der Waals surface area contributed by atoms with Gasteiger partial charge in [0.2, 0.25) is 0 Å². The molecule has 0 heterocycles. The Hall–Kier alpha value is -1.22. The van der Waals surface area contributed by atoms with Crippen LogP contribution >= 0.6 is 0 Å². The third kappa shape index (κ3) is 2.96. The van der Waals surface area contributed by atoms with Crippen LogP contribution < -0.4 is 0 Å². The maximum Gasteiger partial charge on any atom is 0.115 e. The van der Waals surface area contributed by atoms with Crippen LogP contribution in [0, 0.1) is 0 Å². The fourth-order valence-electron chi connectivity index (χ4n) is 4.18. The summed E-state index contributed by atoms with van der Waals surface area (Å²) in [5, 5.41) is 19.5. The van der Waals surface area contributed by atoms with Crippen LogP contribution in [0.25, 0.3) is 0 Å². The molecule has 0 aliphatic heterocycles. The summed E-state index contributed by atoms with van der Waals surface area (Å²) in [7, 11) is 6.70. The van der Waals surface area contributed by atoms with E-state index in [2.05, 4.69) is 6.92 Å². The molecule has 0 spiro atoms. The summed E-state index contributed by atoms with van der Waals surface area (Å²) < 4.78 is 0. The predicted octanol–water partition coefficient (Wildman–Crippen LogP) is 3.85. The highest BCUT2D eigenvalue weighted by Gasteiger charge is 2.39. The third-order valence-corrected chi connectivity index (χ3v) is 5.33. The van der Waals surface area contributed by atoms with Crippen molar-refractivity contribution in [2.75, 3.05) is 0 Å². The summed E-state index contributed by atoms with van der Waals surface area (Å²) in [6.45, 7) is 2.19. The highest BCUT2D eigenvalue weighted by molar-refractivity contribution is 6.18. The fraction of sp³-hybridized carbons (Fsp3) is 0.579. The van der Waals surface area contributed by atoms with Gasteiger partial charge >= 0.3 is 0 Å². The van der Waals surface area contributed by atoms with Crippen molar-refractivity contribution in [1.29, 1.82) is 0 Å². The third-order valence-electron chi connectivity index (χ3n) is 5.33. The van der Waals surface area contributed by atoms with Crippen LogP contribution in [0.1, 0.15) is 56.6 Å². The minimum absolute atomic E-state index is 0.287. The molecule has 2 aliphatic carbocycles. The number of aliphatic hydroxyl groups is 1. The lowest BCUT2D eigenvalue weighted by atomic mass is 9.60. The highest BCUT2D eigenvalue weighted by Crippen LogP contribution is 2.53. The number of phenolic OH excluding ortho intramolecular Hbond substituents is 1. The zero-order chi connectivity index (χ0) is 15.7. The Kier molecular flexibility index (Phi) is 4.36. The van der Waals surface area contributed by atoms with Gasteiger partial charge in [-0.05, 0) is 60.7 Å². The largest absolute Gasteiger partial charge is 0.508 e. The van der Waals surface area contributed by atoms with Gasteiger partial charge in [-0.25, -0.2) is 0 Å². The van der Waals surface area contributed by atoms with E-state index in [1.165, 1.54) is 22.3 Å². The van der Waals surface area contributed by atoms with Crippen LogP contribution in [-0.4, -0.2) is 24.2 Å². The number of unbranched alkanes of at least 4 members (excludes halogenated alkanes) is 1. The number of hydrogen-bond donors (Lipinski definition) is 2. The molecule has 2 aliphatic rings. The van der Waals surface area contributed by atoms with Crippen LogP contribution in [0.5, 0.6) is 5.75 Å². The second-order valence-corrected chi connectivity index (χ2v) is 7.03. The molecule has 3 rings (SSSR count). The maximum absolute atomic E-state index is 10.1. The van der Waals surface area contributed by atoms with Crippen LogP contribution in [0.4, 0.5) is 0 Å². The van der Waals surface area contributed by atoms with Crippen molar-refractivity contribution in [2.45, 2.75) is 69.7 Å². The monoisotopic (exact) mass is 296 g/mol. The smallest absolute Gasteiger partial charge is 0.115 e. The van der Waals surface area contributed by atoms with E-state index in [9.17, 15) is 10.2 Å². The van der Waals surface area contributed by atoms with E-state index >= 15 is 0 Å². The molecule has 1 aromatic rings. The van der Waals surface area contributed by atoms with Crippen molar-refractivity contribution in [1.82, 2.24) is 0 Å². The van der Waals surface area contributed by atoms with E-state index < -0.39 is 0 Å². The first-order chi connectivity index (χ1) is 10.5. The Morgan fingerprint density at radius 2 is 2.09 bits per heavy atom. The number of aryl methyl sites for hydroxylation is 1. The van der Waals surface area contributed by atoms with E-state index in [4.69, 9.17) is 7.85 Å². The molecular formula is C19H25BO2. The van der Waals surface area contributed by atoms with E-state index in [1.807, 2.05) is 12.1 Å². The number of fused-ring (bicyclic) bond motifs is 1. The molecule has 0 bridgehead atoms. The highest BCUT2D eigenvalue weighted by atomic mass is 16.3. The molecule has 2 N–H and O–H groups in total. The van der Waals surface area contributed by atoms with Crippen LogP contribution in [0.3, 0.4) is 0 Å². The Morgan fingerprint density at radius 3 is 2.86 bits per heavy atom. The summed E-state index contributed by atoms with van der Waals surface area (Å²) >= 11 is 0. The molecule has 3 heteroatoms. The summed E-state index contributed by atoms with van der Waals surface area (Å²) in [4.78, 5) is 0. The Bertz CT molecular complexity index is 593.